The number of piperazine rings is 1. The molecule has 0 spiro atoms. The number of nitrogens with zero attached hydrogens (tertiary/aromatic N) is 2. The van der Waals surface area contributed by atoms with E-state index in [1.165, 1.54) is 11.6 Å². The molecule has 1 fully saturated rings. The van der Waals surface area contributed by atoms with E-state index in [4.69, 9.17) is 5.21 Å². The standard InChI is InChI=1S/C20H21N3O3/c1-15-6-9-17(10-7-15)22-12-13-23(20(25)14-22)18-5-3-2-4-16(18)8-11-19(24)21-26/h2-11,26H,12-14H2,1H3,(H,21,24)/b11-8+. The van der Waals surface area contributed by atoms with E-state index in [1.807, 2.05) is 55.5 Å². The fourth-order valence-electron chi connectivity index (χ4n) is 2.98. The molecule has 0 unspecified atom stereocenters. The Hall–Kier alpha value is -3.12. The number of anilines is 2. The second-order valence-electron chi connectivity index (χ2n) is 6.17. The van der Waals surface area contributed by atoms with Crippen LogP contribution in [0.25, 0.3) is 6.08 Å². The van der Waals surface area contributed by atoms with Crippen LogP contribution in [0.1, 0.15) is 11.1 Å². The third kappa shape index (κ3) is 3.92. The first-order valence-corrected chi connectivity index (χ1v) is 8.41. The molecule has 1 heterocycles. The molecule has 0 aliphatic carbocycles. The van der Waals surface area contributed by atoms with E-state index in [1.54, 1.807) is 16.5 Å². The quantitative estimate of drug-likeness (QED) is 0.504. The summed E-state index contributed by atoms with van der Waals surface area (Å²) in [4.78, 5) is 27.8. The van der Waals surface area contributed by atoms with E-state index >= 15 is 0 Å². The molecule has 2 N–H and O–H groups in total. The minimum absolute atomic E-state index is 0.00397. The Morgan fingerprint density at radius 2 is 1.85 bits per heavy atom. The van der Waals surface area contributed by atoms with Crippen molar-refractivity contribution in [1.82, 2.24) is 5.48 Å². The number of rotatable bonds is 4. The zero-order valence-corrected chi connectivity index (χ0v) is 14.6. The second kappa shape index (κ2) is 7.84. The first-order chi connectivity index (χ1) is 12.6. The van der Waals surface area contributed by atoms with Crippen molar-refractivity contribution < 1.29 is 14.8 Å². The van der Waals surface area contributed by atoms with Gasteiger partial charge in [-0.3, -0.25) is 14.8 Å². The van der Waals surface area contributed by atoms with Gasteiger partial charge in [0, 0.05) is 24.9 Å². The predicted molar refractivity (Wildman–Crippen MR) is 101 cm³/mol. The monoisotopic (exact) mass is 351 g/mol. The van der Waals surface area contributed by atoms with Gasteiger partial charge >= 0.3 is 0 Å². The maximum atomic E-state index is 12.7. The minimum Gasteiger partial charge on any atom is -0.360 e. The number of carbonyl (C=O) groups is 2. The van der Waals surface area contributed by atoms with E-state index in [0.29, 0.717) is 13.1 Å². The van der Waals surface area contributed by atoms with E-state index in [-0.39, 0.29) is 5.91 Å². The summed E-state index contributed by atoms with van der Waals surface area (Å²) in [5, 5.41) is 8.61. The van der Waals surface area contributed by atoms with Gasteiger partial charge in [0.1, 0.15) is 0 Å². The first-order valence-electron chi connectivity index (χ1n) is 8.41. The van der Waals surface area contributed by atoms with Crippen LogP contribution in [0.4, 0.5) is 11.4 Å². The Bertz CT molecular complexity index is 830. The Morgan fingerprint density at radius 3 is 2.54 bits per heavy atom. The zero-order valence-electron chi connectivity index (χ0n) is 14.6. The average molecular weight is 351 g/mol. The Labute approximate surface area is 152 Å². The highest BCUT2D eigenvalue weighted by Gasteiger charge is 2.26. The van der Waals surface area contributed by atoms with Crippen molar-refractivity contribution in [3.63, 3.8) is 0 Å². The molecule has 0 aromatic heterocycles. The summed E-state index contributed by atoms with van der Waals surface area (Å²) >= 11 is 0. The van der Waals surface area contributed by atoms with Gasteiger partial charge in [-0.25, -0.2) is 5.48 Å². The van der Waals surface area contributed by atoms with E-state index < -0.39 is 5.91 Å². The molecule has 6 nitrogen and oxygen atoms in total. The number of amides is 2. The fourth-order valence-corrected chi connectivity index (χ4v) is 2.98. The van der Waals surface area contributed by atoms with Gasteiger partial charge in [0.15, 0.2) is 0 Å². The molecule has 1 saturated heterocycles. The maximum Gasteiger partial charge on any atom is 0.267 e. The van der Waals surface area contributed by atoms with Gasteiger partial charge in [0.25, 0.3) is 5.91 Å². The predicted octanol–water partition coefficient (Wildman–Crippen LogP) is 2.37. The molecular formula is C20H21N3O3. The Kier molecular flexibility index (Phi) is 5.34. The van der Waals surface area contributed by atoms with Crippen LogP contribution in [0, 0.1) is 6.92 Å². The smallest absolute Gasteiger partial charge is 0.267 e. The molecular weight excluding hydrogens is 330 g/mol. The lowest BCUT2D eigenvalue weighted by Crippen LogP contribution is -2.50. The number of benzene rings is 2. The molecule has 0 bridgehead atoms. The van der Waals surface area contributed by atoms with E-state index in [9.17, 15) is 9.59 Å². The minimum atomic E-state index is -0.615. The van der Waals surface area contributed by atoms with Gasteiger partial charge in [-0.2, -0.15) is 0 Å². The topological polar surface area (TPSA) is 72.9 Å². The maximum absolute atomic E-state index is 12.7. The first kappa shape index (κ1) is 17.7. The summed E-state index contributed by atoms with van der Waals surface area (Å²) in [7, 11) is 0. The normalized spacial score (nSPS) is 14.8. The number of nitrogens with one attached hydrogen (secondary N) is 1. The summed E-state index contributed by atoms with van der Waals surface area (Å²) in [5.74, 6) is -0.611. The number of carbonyl (C=O) groups excluding carboxylic acids is 2. The van der Waals surface area contributed by atoms with Crippen LogP contribution >= 0.6 is 0 Å². The van der Waals surface area contributed by atoms with Crippen molar-refractivity contribution in [3.05, 3.63) is 65.7 Å². The molecule has 2 amide bonds. The highest BCUT2D eigenvalue weighted by molar-refractivity contribution is 6.00. The molecule has 6 heteroatoms. The van der Waals surface area contributed by atoms with Gasteiger partial charge in [0.2, 0.25) is 5.91 Å². The second-order valence-corrected chi connectivity index (χ2v) is 6.17. The van der Waals surface area contributed by atoms with Crippen molar-refractivity contribution in [2.75, 3.05) is 29.4 Å². The number of para-hydroxylation sites is 1. The Morgan fingerprint density at radius 1 is 1.12 bits per heavy atom. The zero-order chi connectivity index (χ0) is 18.5. The van der Waals surface area contributed by atoms with Gasteiger partial charge in [-0.1, -0.05) is 35.9 Å². The van der Waals surface area contributed by atoms with Gasteiger partial charge < -0.3 is 9.80 Å². The van der Waals surface area contributed by atoms with Crippen molar-refractivity contribution in [3.8, 4) is 0 Å². The molecule has 2 aromatic rings. The van der Waals surface area contributed by atoms with Crippen LogP contribution in [-0.2, 0) is 9.59 Å². The number of aryl methyl sites for hydroxylation is 1. The van der Waals surface area contributed by atoms with E-state index in [2.05, 4.69) is 4.90 Å². The third-order valence-electron chi connectivity index (χ3n) is 4.37. The van der Waals surface area contributed by atoms with Gasteiger partial charge in [-0.15, -0.1) is 0 Å². The van der Waals surface area contributed by atoms with Crippen molar-refractivity contribution in [2.24, 2.45) is 0 Å². The molecule has 0 saturated carbocycles. The highest BCUT2D eigenvalue weighted by Crippen LogP contribution is 2.25. The SMILES string of the molecule is Cc1ccc(N2CCN(c3ccccc3/C=C/C(=O)NO)C(=O)C2)cc1. The third-order valence-corrected chi connectivity index (χ3v) is 4.37. The van der Waals surface area contributed by atoms with Crippen molar-refractivity contribution in [1.29, 1.82) is 0 Å². The molecule has 2 aromatic carbocycles. The lowest BCUT2D eigenvalue weighted by molar-refractivity contribution is -0.124. The van der Waals surface area contributed by atoms with Crippen LogP contribution in [0.15, 0.2) is 54.6 Å². The van der Waals surface area contributed by atoms with Crippen LogP contribution in [0.3, 0.4) is 0 Å². The molecule has 0 atom stereocenters. The van der Waals surface area contributed by atoms with Crippen LogP contribution in [-0.4, -0.2) is 36.7 Å². The van der Waals surface area contributed by atoms with Crippen LogP contribution < -0.4 is 15.3 Å². The molecule has 0 radical (unpaired) electrons. The van der Waals surface area contributed by atoms with Crippen molar-refractivity contribution >= 4 is 29.3 Å². The summed E-state index contributed by atoms with van der Waals surface area (Å²) in [6, 6.07) is 15.5. The molecule has 134 valence electrons. The number of hydrogen-bond acceptors (Lipinski definition) is 4. The average Bonchev–Trinajstić information content (AvgIpc) is 2.67. The Balaban J connectivity index is 1.78. The van der Waals surface area contributed by atoms with Crippen molar-refractivity contribution in [2.45, 2.75) is 6.92 Å². The lowest BCUT2D eigenvalue weighted by Gasteiger charge is -2.36. The lowest BCUT2D eigenvalue weighted by atomic mass is 10.1. The van der Waals surface area contributed by atoms with Crippen LogP contribution in [0.2, 0.25) is 0 Å². The summed E-state index contributed by atoms with van der Waals surface area (Å²) < 4.78 is 0. The number of hydrogen-bond donors (Lipinski definition) is 2. The molecule has 1 aliphatic heterocycles. The highest BCUT2D eigenvalue weighted by atomic mass is 16.5. The number of hydroxylamine groups is 1. The summed E-state index contributed by atoms with van der Waals surface area (Å²) in [6.07, 6.45) is 2.81. The molecule has 3 rings (SSSR count). The fraction of sp³-hybridized carbons (Fsp3) is 0.200. The largest absolute Gasteiger partial charge is 0.360 e. The van der Waals surface area contributed by atoms with Gasteiger partial charge in [-0.05, 0) is 36.8 Å². The summed E-state index contributed by atoms with van der Waals surface area (Å²) in [6.45, 7) is 3.63. The van der Waals surface area contributed by atoms with Crippen LogP contribution in [0.5, 0.6) is 0 Å². The molecule has 26 heavy (non-hydrogen) atoms. The molecule has 1 aliphatic rings. The summed E-state index contributed by atoms with van der Waals surface area (Å²) in [5.41, 5.74) is 5.28. The van der Waals surface area contributed by atoms with E-state index in [0.717, 1.165) is 23.5 Å². The van der Waals surface area contributed by atoms with Gasteiger partial charge in [0.05, 0.1) is 12.2 Å².